The van der Waals surface area contributed by atoms with Gasteiger partial charge in [-0.3, -0.25) is 0 Å². The minimum Gasteiger partial charge on any atom is -0.444 e. The topological polar surface area (TPSA) is 58.6 Å². The van der Waals surface area contributed by atoms with Gasteiger partial charge < -0.3 is 15.2 Å². The first-order chi connectivity index (χ1) is 7.89. The molecule has 0 aliphatic heterocycles. The average Bonchev–Trinajstić information content (AvgIpc) is 2.20. The molecule has 0 aromatic heterocycles. The second-order valence-electron chi connectivity index (χ2n) is 5.02. The predicted molar refractivity (Wildman–Crippen MR) is 68.9 cm³/mol. The number of rotatable bonds is 6. The highest BCUT2D eigenvalue weighted by Crippen LogP contribution is 2.06. The lowest BCUT2D eigenvalue weighted by Crippen LogP contribution is -2.33. The molecule has 0 aliphatic rings. The van der Waals surface area contributed by atoms with Crippen molar-refractivity contribution < 1.29 is 14.6 Å². The van der Waals surface area contributed by atoms with Gasteiger partial charge in [0.2, 0.25) is 0 Å². The molecule has 4 nitrogen and oxygen atoms in total. The van der Waals surface area contributed by atoms with Crippen LogP contribution in [0.15, 0.2) is 11.6 Å². The fraction of sp³-hybridized carbons (Fsp3) is 0.769. The molecule has 0 saturated carbocycles. The fourth-order valence-electron chi connectivity index (χ4n) is 1.20. The summed E-state index contributed by atoms with van der Waals surface area (Å²) in [5.74, 6) is 0. The number of nitrogens with one attached hydrogen (secondary N) is 1. The lowest BCUT2D eigenvalue weighted by Gasteiger charge is -2.19. The van der Waals surface area contributed by atoms with E-state index in [-0.39, 0.29) is 6.61 Å². The molecule has 0 bridgehead atoms. The van der Waals surface area contributed by atoms with Crippen LogP contribution in [0, 0.1) is 0 Å². The van der Waals surface area contributed by atoms with Crippen molar-refractivity contribution in [2.45, 2.75) is 52.6 Å². The average molecular weight is 243 g/mol. The number of allylic oxidation sites excluding steroid dienone is 1. The normalized spacial score (nSPS) is 12.4. The molecule has 100 valence electrons. The lowest BCUT2D eigenvalue weighted by molar-refractivity contribution is 0.0531. The molecule has 0 heterocycles. The highest BCUT2D eigenvalue weighted by atomic mass is 16.6. The van der Waals surface area contributed by atoms with Crippen LogP contribution in [0.25, 0.3) is 0 Å². The van der Waals surface area contributed by atoms with Crippen molar-refractivity contribution in [2.75, 3.05) is 13.2 Å². The summed E-state index contributed by atoms with van der Waals surface area (Å²) in [7, 11) is 0. The van der Waals surface area contributed by atoms with E-state index in [9.17, 15) is 4.79 Å². The Morgan fingerprint density at radius 1 is 1.41 bits per heavy atom. The summed E-state index contributed by atoms with van der Waals surface area (Å²) in [5.41, 5.74) is 0.333. The van der Waals surface area contributed by atoms with Crippen LogP contribution in [0.1, 0.15) is 47.0 Å². The molecule has 0 aromatic carbocycles. The number of ether oxygens (including phenoxy) is 1. The number of hydrogen-bond donors (Lipinski definition) is 2. The Morgan fingerprint density at radius 2 is 2.06 bits per heavy atom. The molecule has 0 saturated heterocycles. The van der Waals surface area contributed by atoms with E-state index in [1.165, 1.54) is 0 Å². The zero-order valence-corrected chi connectivity index (χ0v) is 11.4. The predicted octanol–water partition coefficient (Wildman–Crippen LogP) is 2.62. The summed E-state index contributed by atoms with van der Waals surface area (Å²) >= 11 is 0. The van der Waals surface area contributed by atoms with Gasteiger partial charge in [-0.25, -0.2) is 4.79 Å². The van der Waals surface area contributed by atoms with E-state index in [2.05, 4.69) is 12.2 Å². The van der Waals surface area contributed by atoms with E-state index >= 15 is 0 Å². The fourth-order valence-corrected chi connectivity index (χ4v) is 1.20. The van der Waals surface area contributed by atoms with E-state index in [0.29, 0.717) is 6.54 Å². The van der Waals surface area contributed by atoms with Gasteiger partial charge in [-0.1, -0.05) is 25.8 Å². The van der Waals surface area contributed by atoms with Crippen LogP contribution in [0.2, 0.25) is 0 Å². The van der Waals surface area contributed by atoms with Gasteiger partial charge in [0.05, 0.1) is 6.61 Å². The summed E-state index contributed by atoms with van der Waals surface area (Å²) in [4.78, 5) is 11.4. The van der Waals surface area contributed by atoms with E-state index in [4.69, 9.17) is 9.84 Å². The maximum Gasteiger partial charge on any atom is 0.407 e. The molecule has 1 amide bonds. The number of unbranched alkanes of at least 4 members (excludes halogenated alkanes) is 2. The van der Waals surface area contributed by atoms with Crippen molar-refractivity contribution in [3.63, 3.8) is 0 Å². The highest BCUT2D eigenvalue weighted by Gasteiger charge is 2.15. The molecule has 2 N–H and O–H groups in total. The van der Waals surface area contributed by atoms with E-state index < -0.39 is 11.7 Å². The van der Waals surface area contributed by atoms with Crippen molar-refractivity contribution in [3.8, 4) is 0 Å². The van der Waals surface area contributed by atoms with Crippen LogP contribution < -0.4 is 5.32 Å². The van der Waals surface area contributed by atoms with E-state index in [0.717, 1.165) is 24.8 Å². The first-order valence-corrected chi connectivity index (χ1v) is 6.14. The Hall–Kier alpha value is -1.03. The molecule has 4 heteroatoms. The molecular formula is C13H25NO3. The van der Waals surface area contributed by atoms with Gasteiger partial charge in [0.1, 0.15) is 5.60 Å². The number of alkyl carbamates (subject to hydrolysis) is 1. The van der Waals surface area contributed by atoms with Crippen LogP contribution in [0.3, 0.4) is 0 Å². The Morgan fingerprint density at radius 3 is 2.53 bits per heavy atom. The Labute approximate surface area is 104 Å². The first-order valence-electron chi connectivity index (χ1n) is 6.14. The van der Waals surface area contributed by atoms with Crippen LogP contribution in [0.5, 0.6) is 0 Å². The number of carbonyl (C=O) groups is 1. The SMILES string of the molecule is CCCC/C=C(/CO)CNC(=O)OC(C)(C)C. The highest BCUT2D eigenvalue weighted by molar-refractivity contribution is 5.68. The van der Waals surface area contributed by atoms with Crippen LogP contribution in [-0.2, 0) is 4.74 Å². The molecule has 0 unspecified atom stereocenters. The Bertz CT molecular complexity index is 254. The van der Waals surface area contributed by atoms with Gasteiger partial charge in [0.25, 0.3) is 0 Å². The number of hydrogen-bond acceptors (Lipinski definition) is 3. The molecular weight excluding hydrogens is 218 g/mol. The molecule has 0 aliphatic carbocycles. The van der Waals surface area contributed by atoms with Gasteiger partial charge in [-0.15, -0.1) is 0 Å². The third kappa shape index (κ3) is 9.87. The third-order valence-corrected chi connectivity index (χ3v) is 2.05. The van der Waals surface area contributed by atoms with Gasteiger partial charge in [0, 0.05) is 6.54 Å². The largest absolute Gasteiger partial charge is 0.444 e. The number of aliphatic hydroxyl groups is 1. The molecule has 0 fully saturated rings. The summed E-state index contributed by atoms with van der Waals surface area (Å²) in [6.07, 6.45) is 4.67. The van der Waals surface area contributed by atoms with Crippen molar-refractivity contribution in [1.29, 1.82) is 0 Å². The number of aliphatic hydroxyl groups excluding tert-OH is 1. The maximum absolute atomic E-state index is 11.4. The van der Waals surface area contributed by atoms with Crippen molar-refractivity contribution in [3.05, 3.63) is 11.6 Å². The molecule has 0 atom stereocenters. The standard InChI is InChI=1S/C13H25NO3/c1-5-6-7-8-11(10-15)9-14-12(16)17-13(2,3)4/h8,15H,5-7,9-10H2,1-4H3,(H,14,16)/b11-8+. The van der Waals surface area contributed by atoms with Crippen LogP contribution >= 0.6 is 0 Å². The third-order valence-electron chi connectivity index (χ3n) is 2.05. The molecule has 17 heavy (non-hydrogen) atoms. The van der Waals surface area contributed by atoms with Crippen molar-refractivity contribution >= 4 is 6.09 Å². The van der Waals surface area contributed by atoms with Crippen LogP contribution in [0.4, 0.5) is 4.79 Å². The van der Waals surface area contributed by atoms with Gasteiger partial charge in [-0.05, 0) is 32.8 Å². The summed E-state index contributed by atoms with van der Waals surface area (Å²) < 4.78 is 5.10. The van der Waals surface area contributed by atoms with E-state index in [1.807, 2.05) is 26.8 Å². The summed E-state index contributed by atoms with van der Waals surface area (Å²) in [6.45, 7) is 7.88. The van der Waals surface area contributed by atoms with Gasteiger partial charge in [0.15, 0.2) is 0 Å². The maximum atomic E-state index is 11.4. The summed E-state index contributed by atoms with van der Waals surface area (Å²) in [6, 6.07) is 0. The lowest BCUT2D eigenvalue weighted by atomic mass is 10.2. The molecule has 0 aromatic rings. The number of amides is 1. The first kappa shape index (κ1) is 16.0. The zero-order valence-electron chi connectivity index (χ0n) is 11.4. The van der Waals surface area contributed by atoms with Gasteiger partial charge >= 0.3 is 6.09 Å². The van der Waals surface area contributed by atoms with E-state index in [1.54, 1.807) is 0 Å². The monoisotopic (exact) mass is 243 g/mol. The van der Waals surface area contributed by atoms with Crippen molar-refractivity contribution in [1.82, 2.24) is 5.32 Å². The Kier molecular flexibility index (Phi) is 7.63. The number of carbonyl (C=O) groups excluding carboxylic acids is 1. The minimum atomic E-state index is -0.491. The minimum absolute atomic E-state index is 0.0283. The van der Waals surface area contributed by atoms with Gasteiger partial charge in [-0.2, -0.15) is 0 Å². The Balaban J connectivity index is 3.98. The molecule has 0 spiro atoms. The molecule has 0 rings (SSSR count). The van der Waals surface area contributed by atoms with Crippen molar-refractivity contribution in [2.24, 2.45) is 0 Å². The smallest absolute Gasteiger partial charge is 0.407 e. The zero-order chi connectivity index (χ0) is 13.3. The second kappa shape index (κ2) is 8.12. The molecule has 0 radical (unpaired) electrons. The summed E-state index contributed by atoms with van der Waals surface area (Å²) in [5, 5.41) is 11.7. The van der Waals surface area contributed by atoms with Crippen LogP contribution in [-0.4, -0.2) is 30.0 Å². The quantitative estimate of drug-likeness (QED) is 0.557. The second-order valence-corrected chi connectivity index (χ2v) is 5.02.